The largest absolute Gasteiger partial charge is 0.507 e. The quantitative estimate of drug-likeness (QED) is 0.601. The van der Waals surface area contributed by atoms with Gasteiger partial charge in [-0.2, -0.15) is 0 Å². The number of likely N-dealkylation sites (N-methyl/N-ethyl adjacent to an activating group) is 1. The first-order chi connectivity index (χ1) is 7.43. The van der Waals surface area contributed by atoms with Crippen molar-refractivity contribution in [2.75, 3.05) is 7.05 Å². The third kappa shape index (κ3) is 1.57. The summed E-state index contributed by atoms with van der Waals surface area (Å²) < 4.78 is 0.692. The molecule has 1 amide bonds. The molecule has 0 fully saturated rings. The Balaban J connectivity index is 2.68. The molecule has 0 aliphatic carbocycles. The lowest BCUT2D eigenvalue weighted by Crippen LogP contribution is -2.45. The van der Waals surface area contributed by atoms with Gasteiger partial charge >= 0.3 is 0 Å². The van der Waals surface area contributed by atoms with Gasteiger partial charge < -0.3 is 20.2 Å². The third-order valence-corrected chi connectivity index (χ3v) is 3.27. The number of benzene rings is 1. The minimum absolute atomic E-state index is 0.0562. The van der Waals surface area contributed by atoms with Crippen LogP contribution in [0.15, 0.2) is 12.1 Å². The molecule has 0 aromatic heterocycles. The van der Waals surface area contributed by atoms with Gasteiger partial charge in [0.1, 0.15) is 11.9 Å². The number of carbonyl (C=O) groups is 1. The molecule has 1 heterocycles. The highest BCUT2D eigenvalue weighted by molar-refractivity contribution is 14.1. The minimum atomic E-state index is -1.28. The van der Waals surface area contributed by atoms with E-state index in [9.17, 15) is 20.1 Å². The van der Waals surface area contributed by atoms with E-state index in [0.717, 1.165) is 4.90 Å². The van der Waals surface area contributed by atoms with E-state index in [1.54, 1.807) is 6.07 Å². The predicted molar refractivity (Wildman–Crippen MR) is 63.9 cm³/mol. The fraction of sp³-hybridized carbons (Fsp3) is 0.300. The molecule has 0 saturated heterocycles. The molecule has 2 atom stereocenters. The first-order valence-corrected chi connectivity index (χ1v) is 5.67. The van der Waals surface area contributed by atoms with Gasteiger partial charge in [-0.15, -0.1) is 0 Å². The monoisotopic (exact) mass is 335 g/mol. The molecule has 0 spiro atoms. The van der Waals surface area contributed by atoms with Crippen molar-refractivity contribution >= 4 is 28.5 Å². The number of rotatable bonds is 0. The van der Waals surface area contributed by atoms with Crippen molar-refractivity contribution in [3.63, 3.8) is 0 Å². The highest BCUT2D eigenvalue weighted by atomic mass is 127. The lowest BCUT2D eigenvalue weighted by molar-refractivity contribution is -0.0675. The number of amides is 1. The zero-order valence-electron chi connectivity index (χ0n) is 8.38. The Morgan fingerprint density at radius 2 is 2.00 bits per heavy atom. The maximum atomic E-state index is 11.8. The Hall–Kier alpha value is -0.860. The molecule has 0 radical (unpaired) electrons. The zero-order valence-corrected chi connectivity index (χ0v) is 10.5. The Labute approximate surface area is 105 Å². The summed E-state index contributed by atoms with van der Waals surface area (Å²) in [5.41, 5.74) is 0.320. The number of aliphatic hydroxyl groups excluding tert-OH is 2. The first kappa shape index (κ1) is 11.6. The molecule has 1 aromatic carbocycles. The maximum absolute atomic E-state index is 11.8. The van der Waals surface area contributed by atoms with Crippen LogP contribution >= 0.6 is 22.6 Å². The number of carbonyl (C=O) groups excluding carboxylic acids is 1. The van der Waals surface area contributed by atoms with E-state index in [2.05, 4.69) is 0 Å². The maximum Gasteiger partial charge on any atom is 0.259 e. The molecule has 86 valence electrons. The van der Waals surface area contributed by atoms with Gasteiger partial charge in [-0.25, -0.2) is 0 Å². The Kier molecular flexibility index (Phi) is 2.81. The Morgan fingerprint density at radius 1 is 1.38 bits per heavy atom. The van der Waals surface area contributed by atoms with Crippen molar-refractivity contribution in [2.45, 2.75) is 12.3 Å². The average Bonchev–Trinajstić information content (AvgIpc) is 2.22. The summed E-state index contributed by atoms with van der Waals surface area (Å²) in [6, 6.07) is 3.02. The van der Waals surface area contributed by atoms with Crippen LogP contribution in [0.2, 0.25) is 0 Å². The van der Waals surface area contributed by atoms with Crippen LogP contribution in [0.25, 0.3) is 0 Å². The summed E-state index contributed by atoms with van der Waals surface area (Å²) in [5, 5.41) is 29.1. The smallest absolute Gasteiger partial charge is 0.259 e. The Morgan fingerprint density at radius 3 is 2.62 bits per heavy atom. The molecular formula is C10H10INO4. The first-order valence-electron chi connectivity index (χ1n) is 4.59. The number of aromatic hydroxyl groups is 1. The lowest BCUT2D eigenvalue weighted by Gasteiger charge is -2.34. The zero-order chi connectivity index (χ0) is 12.0. The van der Waals surface area contributed by atoms with Gasteiger partial charge in [0.2, 0.25) is 0 Å². The van der Waals surface area contributed by atoms with Gasteiger partial charge in [0, 0.05) is 16.2 Å². The standard InChI is InChI=1S/C10H10INO4/c1-12-9(15)7-5(8(14)10(12)16)2-4(11)3-6(7)13/h2-3,8,10,13-14,16H,1H3/t8-,10-/m1/s1. The van der Waals surface area contributed by atoms with Gasteiger partial charge in [-0.05, 0) is 34.7 Å². The second kappa shape index (κ2) is 3.86. The number of fused-ring (bicyclic) bond motifs is 1. The molecule has 1 aromatic rings. The minimum Gasteiger partial charge on any atom is -0.507 e. The van der Waals surface area contributed by atoms with Crippen LogP contribution in [0.5, 0.6) is 5.75 Å². The average molecular weight is 335 g/mol. The van der Waals surface area contributed by atoms with E-state index in [0.29, 0.717) is 3.57 Å². The van der Waals surface area contributed by atoms with Gasteiger partial charge in [0.25, 0.3) is 5.91 Å². The third-order valence-electron chi connectivity index (χ3n) is 2.64. The van der Waals surface area contributed by atoms with Crippen molar-refractivity contribution in [1.82, 2.24) is 4.90 Å². The Bertz CT molecular complexity index is 462. The van der Waals surface area contributed by atoms with Crippen molar-refractivity contribution in [1.29, 1.82) is 0 Å². The van der Waals surface area contributed by atoms with E-state index in [1.807, 2.05) is 22.6 Å². The fourth-order valence-corrected chi connectivity index (χ4v) is 2.38. The number of phenols is 1. The SMILES string of the molecule is CN1C(=O)c2c(O)cc(I)cc2[C@@H](O)[C@H]1O. The molecule has 0 saturated carbocycles. The highest BCUT2D eigenvalue weighted by Crippen LogP contribution is 2.35. The van der Waals surface area contributed by atoms with E-state index >= 15 is 0 Å². The van der Waals surface area contributed by atoms with Crippen LogP contribution < -0.4 is 0 Å². The van der Waals surface area contributed by atoms with Gasteiger partial charge in [0.05, 0.1) is 5.56 Å². The molecule has 6 heteroatoms. The van der Waals surface area contributed by atoms with Gasteiger partial charge in [-0.1, -0.05) is 0 Å². The van der Waals surface area contributed by atoms with Crippen LogP contribution in [-0.4, -0.2) is 39.4 Å². The van der Waals surface area contributed by atoms with Crippen molar-refractivity contribution < 1.29 is 20.1 Å². The summed E-state index contributed by atoms with van der Waals surface area (Å²) in [5.74, 6) is -0.675. The summed E-state index contributed by atoms with van der Waals surface area (Å²) in [4.78, 5) is 12.8. The number of hydrogen-bond donors (Lipinski definition) is 3. The van der Waals surface area contributed by atoms with E-state index in [1.165, 1.54) is 13.1 Å². The van der Waals surface area contributed by atoms with E-state index < -0.39 is 18.2 Å². The van der Waals surface area contributed by atoms with Crippen LogP contribution in [0.1, 0.15) is 22.0 Å². The van der Waals surface area contributed by atoms with E-state index in [4.69, 9.17) is 0 Å². The number of nitrogens with zero attached hydrogens (tertiary/aromatic N) is 1. The number of halogens is 1. The summed E-state index contributed by atoms with van der Waals surface area (Å²) in [6.45, 7) is 0. The molecule has 5 nitrogen and oxygen atoms in total. The van der Waals surface area contributed by atoms with Crippen molar-refractivity contribution in [3.8, 4) is 5.75 Å². The van der Waals surface area contributed by atoms with Crippen LogP contribution in [0.4, 0.5) is 0 Å². The van der Waals surface area contributed by atoms with Crippen LogP contribution in [0, 0.1) is 3.57 Å². The molecule has 1 aliphatic heterocycles. The molecule has 0 bridgehead atoms. The highest BCUT2D eigenvalue weighted by Gasteiger charge is 2.37. The van der Waals surface area contributed by atoms with Crippen molar-refractivity contribution in [3.05, 3.63) is 26.8 Å². The topological polar surface area (TPSA) is 81.0 Å². The summed E-state index contributed by atoms with van der Waals surface area (Å²) in [6.07, 6.45) is -2.48. The molecule has 0 unspecified atom stereocenters. The second-order valence-electron chi connectivity index (χ2n) is 3.66. The van der Waals surface area contributed by atoms with Gasteiger partial charge in [0.15, 0.2) is 6.23 Å². The number of aliphatic hydroxyl groups is 2. The second-order valence-corrected chi connectivity index (χ2v) is 4.91. The molecule has 3 N–H and O–H groups in total. The predicted octanol–water partition coefficient (Wildman–Crippen LogP) is 0.434. The van der Waals surface area contributed by atoms with Crippen molar-refractivity contribution in [2.24, 2.45) is 0 Å². The normalized spacial score (nSPS) is 24.5. The summed E-state index contributed by atoms with van der Waals surface area (Å²) in [7, 11) is 1.37. The van der Waals surface area contributed by atoms with E-state index in [-0.39, 0.29) is 16.9 Å². The number of phenolic OH excluding ortho intramolecular Hbond substituents is 1. The van der Waals surface area contributed by atoms with Gasteiger partial charge in [-0.3, -0.25) is 4.79 Å². The number of hydrogen-bond acceptors (Lipinski definition) is 4. The summed E-state index contributed by atoms with van der Waals surface area (Å²) >= 11 is 1.96. The molecule has 1 aliphatic rings. The lowest BCUT2D eigenvalue weighted by atomic mass is 9.95. The van der Waals surface area contributed by atoms with Crippen LogP contribution in [0.3, 0.4) is 0 Å². The van der Waals surface area contributed by atoms with Crippen LogP contribution in [-0.2, 0) is 0 Å². The molecule has 2 rings (SSSR count). The molecule has 16 heavy (non-hydrogen) atoms. The molecular weight excluding hydrogens is 325 g/mol. The fourth-order valence-electron chi connectivity index (χ4n) is 1.75.